The van der Waals surface area contributed by atoms with Crippen LogP contribution in [0.3, 0.4) is 0 Å². The molecule has 0 atom stereocenters. The summed E-state index contributed by atoms with van der Waals surface area (Å²) in [6.07, 6.45) is -0.582. The molecule has 0 bridgehead atoms. The zero-order chi connectivity index (χ0) is 24.7. The first kappa shape index (κ1) is 27.6. The molecular formula is C17H21F3N6O6S. The van der Waals surface area contributed by atoms with Gasteiger partial charge in [0.05, 0.1) is 6.61 Å². The minimum atomic E-state index is -4.46. The van der Waals surface area contributed by atoms with Gasteiger partial charge in [0, 0.05) is 24.1 Å². The summed E-state index contributed by atoms with van der Waals surface area (Å²) in [6.45, 7) is -1.87. The van der Waals surface area contributed by atoms with Crippen molar-refractivity contribution >= 4 is 41.4 Å². The van der Waals surface area contributed by atoms with Crippen LogP contribution in [0.15, 0.2) is 34.6 Å². The third-order valence-corrected chi connectivity index (χ3v) is 4.03. The minimum absolute atomic E-state index is 0.174. The van der Waals surface area contributed by atoms with Crippen molar-refractivity contribution in [2.45, 2.75) is 24.2 Å². The van der Waals surface area contributed by atoms with Crippen molar-refractivity contribution < 1.29 is 42.2 Å². The molecule has 0 aliphatic rings. The summed E-state index contributed by atoms with van der Waals surface area (Å²) in [5.74, 6) is -2.67. The lowest BCUT2D eigenvalue weighted by atomic mass is 10.4. The van der Waals surface area contributed by atoms with E-state index >= 15 is 0 Å². The van der Waals surface area contributed by atoms with E-state index in [4.69, 9.17) is 15.7 Å². The second kappa shape index (κ2) is 14.6. The van der Waals surface area contributed by atoms with Gasteiger partial charge in [0.1, 0.15) is 12.4 Å². The fourth-order valence-corrected chi connectivity index (χ4v) is 2.58. The summed E-state index contributed by atoms with van der Waals surface area (Å²) in [7, 11) is 0. The number of unbranched alkanes of at least 4 members (excludes halogenated alkanes) is 1. The standard InChI is InChI=1S/C17H21F3N6O6S/c18-17(19,20)10-23-15(21)24-11-5-6-22-16(25-11)33-8-2-1-7-32-26-12(27)9-31-14(30)4-3-13(28)29/h3-6H,1-2,7-10H2,(H,26,27)(H,28,29)(H3,21,22,23,24,25)/b4-3-. The van der Waals surface area contributed by atoms with E-state index in [1.54, 1.807) is 0 Å². The fraction of sp³-hybridized carbons (Fsp3) is 0.412. The number of anilines is 1. The van der Waals surface area contributed by atoms with Gasteiger partial charge in [0.2, 0.25) is 0 Å². The fourth-order valence-electron chi connectivity index (χ4n) is 1.75. The van der Waals surface area contributed by atoms with Gasteiger partial charge in [-0.15, -0.1) is 0 Å². The van der Waals surface area contributed by atoms with Gasteiger partial charge in [0.15, 0.2) is 17.7 Å². The third-order valence-electron chi connectivity index (χ3n) is 3.08. The number of aliphatic imine (C=N–C) groups is 1. The maximum Gasteiger partial charge on any atom is 0.408 e. The molecule has 33 heavy (non-hydrogen) atoms. The molecule has 1 rings (SSSR count). The van der Waals surface area contributed by atoms with E-state index in [2.05, 4.69) is 30.5 Å². The molecule has 16 heteroatoms. The molecule has 0 saturated carbocycles. The number of rotatable bonds is 13. The third kappa shape index (κ3) is 15.1. The number of hydrogen-bond donors (Lipinski definition) is 4. The average molecular weight is 494 g/mol. The number of alkyl halides is 3. The van der Waals surface area contributed by atoms with Crippen LogP contribution >= 0.6 is 11.8 Å². The van der Waals surface area contributed by atoms with Gasteiger partial charge in [-0.2, -0.15) is 13.2 Å². The van der Waals surface area contributed by atoms with Crippen molar-refractivity contribution in [3.8, 4) is 0 Å². The van der Waals surface area contributed by atoms with Crippen molar-refractivity contribution in [1.29, 1.82) is 0 Å². The molecule has 0 saturated heterocycles. The number of carbonyl (C=O) groups is 3. The number of hydroxylamine groups is 1. The van der Waals surface area contributed by atoms with E-state index < -0.39 is 43.1 Å². The number of nitrogens with two attached hydrogens (primary N) is 1. The smallest absolute Gasteiger partial charge is 0.408 e. The van der Waals surface area contributed by atoms with Gasteiger partial charge in [0.25, 0.3) is 5.91 Å². The van der Waals surface area contributed by atoms with Crippen LogP contribution in [-0.2, 0) is 24.0 Å². The van der Waals surface area contributed by atoms with Crippen molar-refractivity contribution in [3.05, 3.63) is 24.4 Å². The SMILES string of the molecule is NC(=NCC(F)(F)F)Nc1ccnc(SCCCCONC(=O)COC(=O)/C=C\C(=O)O)n1. The second-order valence-corrected chi connectivity index (χ2v) is 6.94. The van der Waals surface area contributed by atoms with Crippen LogP contribution < -0.4 is 16.5 Å². The number of thioether (sulfide) groups is 1. The van der Waals surface area contributed by atoms with Gasteiger partial charge in [-0.05, 0) is 18.9 Å². The van der Waals surface area contributed by atoms with E-state index in [1.807, 2.05) is 0 Å². The minimum Gasteiger partial charge on any atom is -0.478 e. The quantitative estimate of drug-likeness (QED) is 0.0447. The van der Waals surface area contributed by atoms with E-state index in [9.17, 15) is 27.6 Å². The lowest BCUT2D eigenvalue weighted by Crippen LogP contribution is -2.29. The first-order valence-electron chi connectivity index (χ1n) is 9.13. The maximum absolute atomic E-state index is 12.1. The highest BCUT2D eigenvalue weighted by Gasteiger charge is 2.26. The largest absolute Gasteiger partial charge is 0.478 e. The molecular weight excluding hydrogens is 473 g/mol. The molecule has 0 unspecified atom stereocenters. The van der Waals surface area contributed by atoms with E-state index in [0.717, 1.165) is 0 Å². The average Bonchev–Trinajstić information content (AvgIpc) is 2.74. The number of aliphatic carboxylic acids is 1. The summed E-state index contributed by atoms with van der Waals surface area (Å²) in [5, 5.41) is 11.2. The molecule has 182 valence electrons. The Morgan fingerprint density at radius 2 is 2.03 bits per heavy atom. The number of halogens is 3. The first-order valence-corrected chi connectivity index (χ1v) is 10.1. The topological polar surface area (TPSA) is 178 Å². The molecule has 12 nitrogen and oxygen atoms in total. The summed E-state index contributed by atoms with van der Waals surface area (Å²) in [4.78, 5) is 49.0. The summed E-state index contributed by atoms with van der Waals surface area (Å²) < 4.78 is 40.9. The Morgan fingerprint density at radius 1 is 1.27 bits per heavy atom. The van der Waals surface area contributed by atoms with Crippen molar-refractivity contribution in [2.75, 3.05) is 30.8 Å². The molecule has 1 amide bonds. The number of aromatic nitrogens is 2. The molecule has 0 spiro atoms. The molecule has 1 aromatic rings. The lowest BCUT2D eigenvalue weighted by Gasteiger charge is -2.07. The Hall–Kier alpha value is -3.40. The van der Waals surface area contributed by atoms with Gasteiger partial charge in [-0.25, -0.2) is 30.0 Å². The molecule has 1 heterocycles. The number of carbonyl (C=O) groups excluding carboxylic acids is 2. The Kier molecular flexibility index (Phi) is 12.2. The van der Waals surface area contributed by atoms with E-state index in [0.29, 0.717) is 35.9 Å². The highest BCUT2D eigenvalue weighted by Crippen LogP contribution is 2.17. The molecule has 0 aliphatic heterocycles. The van der Waals surface area contributed by atoms with Gasteiger partial charge >= 0.3 is 18.1 Å². The molecule has 0 fully saturated rings. The number of amides is 1. The lowest BCUT2D eigenvalue weighted by molar-refractivity contribution is -0.149. The molecule has 0 aliphatic carbocycles. The van der Waals surface area contributed by atoms with Crippen molar-refractivity contribution in [2.24, 2.45) is 10.7 Å². The van der Waals surface area contributed by atoms with Crippen molar-refractivity contribution in [3.63, 3.8) is 0 Å². The van der Waals surface area contributed by atoms with Crippen LogP contribution in [0.5, 0.6) is 0 Å². The number of nitrogens with zero attached hydrogens (tertiary/aromatic N) is 3. The maximum atomic E-state index is 12.1. The zero-order valence-corrected chi connectivity index (χ0v) is 17.8. The molecule has 0 radical (unpaired) electrons. The van der Waals surface area contributed by atoms with Crippen LogP contribution in [0.2, 0.25) is 0 Å². The predicted octanol–water partition coefficient (Wildman–Crippen LogP) is 0.870. The van der Waals surface area contributed by atoms with Crippen LogP contribution in [0, 0.1) is 0 Å². The monoisotopic (exact) mass is 494 g/mol. The zero-order valence-electron chi connectivity index (χ0n) is 17.0. The molecule has 1 aromatic heterocycles. The normalized spacial score (nSPS) is 11.9. The second-order valence-electron chi connectivity index (χ2n) is 5.87. The number of hydrogen-bond acceptors (Lipinski definition) is 9. The van der Waals surface area contributed by atoms with Gasteiger partial charge < -0.3 is 20.9 Å². The number of ether oxygens (including phenoxy) is 1. The number of guanidine groups is 1. The highest BCUT2D eigenvalue weighted by atomic mass is 32.2. The summed E-state index contributed by atoms with van der Waals surface area (Å²) >= 11 is 1.29. The molecule has 0 aromatic carbocycles. The highest BCUT2D eigenvalue weighted by molar-refractivity contribution is 7.99. The number of esters is 1. The summed E-state index contributed by atoms with van der Waals surface area (Å²) in [6, 6.07) is 1.43. The van der Waals surface area contributed by atoms with Gasteiger partial charge in [-0.1, -0.05) is 11.8 Å². The van der Waals surface area contributed by atoms with E-state index in [1.165, 1.54) is 24.0 Å². The van der Waals surface area contributed by atoms with Gasteiger partial charge in [-0.3, -0.25) is 9.63 Å². The Labute approximate surface area is 189 Å². The van der Waals surface area contributed by atoms with Crippen LogP contribution in [0.25, 0.3) is 0 Å². The number of carboxylic acid groups (broad SMARTS) is 1. The van der Waals surface area contributed by atoms with E-state index in [-0.39, 0.29) is 12.4 Å². The van der Waals surface area contributed by atoms with Crippen LogP contribution in [0.1, 0.15) is 12.8 Å². The van der Waals surface area contributed by atoms with Crippen LogP contribution in [0.4, 0.5) is 19.0 Å². The number of nitrogens with one attached hydrogen (secondary N) is 2. The predicted molar refractivity (Wildman–Crippen MR) is 110 cm³/mol. The van der Waals surface area contributed by atoms with Crippen molar-refractivity contribution in [1.82, 2.24) is 15.4 Å². The summed E-state index contributed by atoms with van der Waals surface area (Å²) in [5.41, 5.74) is 7.46. The Morgan fingerprint density at radius 3 is 2.73 bits per heavy atom. The van der Waals surface area contributed by atoms with Crippen LogP contribution in [-0.4, -0.2) is 70.6 Å². The number of carboxylic acids is 1. The Balaban J connectivity index is 2.19. The Bertz CT molecular complexity index is 868. The first-order chi connectivity index (χ1) is 15.5. The molecule has 5 N–H and O–H groups in total.